The molecule has 0 spiro atoms. The molecule has 2 unspecified atom stereocenters. The van der Waals surface area contributed by atoms with Crippen molar-refractivity contribution in [2.45, 2.75) is 25.3 Å². The molecule has 0 heterocycles. The minimum Gasteiger partial charge on any atom is -0.492 e. The van der Waals surface area contributed by atoms with Crippen molar-refractivity contribution in [3.8, 4) is 5.75 Å². The first kappa shape index (κ1) is 16.8. The summed E-state index contributed by atoms with van der Waals surface area (Å²) in [6.07, 6.45) is 2.95. The van der Waals surface area contributed by atoms with Crippen LogP contribution in [0.2, 0.25) is 0 Å². The largest absolute Gasteiger partial charge is 0.492 e. The predicted molar refractivity (Wildman–Crippen MR) is 82.1 cm³/mol. The lowest BCUT2D eigenvalue weighted by molar-refractivity contribution is -0.134. The molecule has 5 heteroatoms. The third-order valence-corrected chi connectivity index (χ3v) is 3.70. The van der Waals surface area contributed by atoms with E-state index in [1.54, 1.807) is 4.90 Å². The van der Waals surface area contributed by atoms with Gasteiger partial charge in [-0.2, -0.15) is 0 Å². The molecule has 1 amide bonds. The number of para-hydroxylation sites is 1. The number of likely N-dealkylation sites (N-methyl/N-ethyl adjacent to an activating group) is 1. The van der Waals surface area contributed by atoms with Gasteiger partial charge in [-0.25, -0.2) is 0 Å². The number of carbonyl (C=O) groups is 1. The lowest BCUT2D eigenvalue weighted by Gasteiger charge is -2.23. The molecule has 0 bridgehead atoms. The number of halogens is 1. The zero-order chi connectivity index (χ0) is 13.7. The number of nitrogens with zero attached hydrogens (tertiary/aromatic N) is 1. The van der Waals surface area contributed by atoms with Gasteiger partial charge in [0.2, 0.25) is 5.91 Å². The van der Waals surface area contributed by atoms with E-state index in [1.165, 1.54) is 0 Å². The first-order valence-electron chi connectivity index (χ1n) is 6.87. The van der Waals surface area contributed by atoms with Crippen molar-refractivity contribution >= 4 is 18.3 Å². The predicted octanol–water partition coefficient (Wildman–Crippen LogP) is 2.07. The molecule has 2 rings (SSSR count). The number of rotatable bonds is 5. The van der Waals surface area contributed by atoms with Gasteiger partial charge in [-0.05, 0) is 25.0 Å². The molecule has 2 atom stereocenters. The number of benzene rings is 1. The topological polar surface area (TPSA) is 55.6 Å². The minimum absolute atomic E-state index is 0. The Balaban J connectivity index is 0.00000200. The van der Waals surface area contributed by atoms with Crippen molar-refractivity contribution in [2.24, 2.45) is 11.7 Å². The summed E-state index contributed by atoms with van der Waals surface area (Å²) in [6.45, 7) is 1.10. The molecule has 0 aromatic heterocycles. The van der Waals surface area contributed by atoms with E-state index < -0.39 is 0 Å². The third kappa shape index (κ3) is 4.39. The van der Waals surface area contributed by atoms with Crippen LogP contribution in [0, 0.1) is 5.92 Å². The van der Waals surface area contributed by atoms with Crippen LogP contribution in [0.25, 0.3) is 0 Å². The monoisotopic (exact) mass is 298 g/mol. The van der Waals surface area contributed by atoms with Crippen LogP contribution >= 0.6 is 12.4 Å². The molecule has 2 N–H and O–H groups in total. The first-order valence-corrected chi connectivity index (χ1v) is 6.87. The summed E-state index contributed by atoms with van der Waals surface area (Å²) in [4.78, 5) is 13.9. The second-order valence-corrected chi connectivity index (χ2v) is 5.12. The van der Waals surface area contributed by atoms with Crippen LogP contribution in [0.3, 0.4) is 0 Å². The van der Waals surface area contributed by atoms with Crippen molar-refractivity contribution in [1.29, 1.82) is 0 Å². The van der Waals surface area contributed by atoms with Gasteiger partial charge < -0.3 is 15.4 Å². The van der Waals surface area contributed by atoms with Crippen LogP contribution in [0.15, 0.2) is 30.3 Å². The molecular weight excluding hydrogens is 276 g/mol. The summed E-state index contributed by atoms with van der Waals surface area (Å²) in [5.74, 6) is 0.990. The number of ether oxygens (including phenoxy) is 1. The molecule has 1 fully saturated rings. The van der Waals surface area contributed by atoms with Crippen molar-refractivity contribution in [3.05, 3.63) is 30.3 Å². The molecule has 0 aliphatic heterocycles. The average molecular weight is 299 g/mol. The van der Waals surface area contributed by atoms with Crippen molar-refractivity contribution < 1.29 is 9.53 Å². The van der Waals surface area contributed by atoms with Gasteiger partial charge in [0.25, 0.3) is 0 Å². The zero-order valence-electron chi connectivity index (χ0n) is 11.8. The van der Waals surface area contributed by atoms with Crippen LogP contribution in [0.1, 0.15) is 19.3 Å². The van der Waals surface area contributed by atoms with E-state index in [0.29, 0.717) is 13.2 Å². The molecule has 1 aromatic rings. The second kappa shape index (κ2) is 8.12. The maximum Gasteiger partial charge on any atom is 0.227 e. The first-order chi connectivity index (χ1) is 9.18. The highest BCUT2D eigenvalue weighted by Gasteiger charge is 2.31. The Bertz CT molecular complexity index is 414. The quantitative estimate of drug-likeness (QED) is 0.905. The summed E-state index contributed by atoms with van der Waals surface area (Å²) in [6, 6.07) is 9.67. The normalized spacial score (nSPS) is 21.1. The van der Waals surface area contributed by atoms with Crippen molar-refractivity contribution in [1.82, 2.24) is 4.90 Å². The molecule has 1 aliphatic rings. The molecule has 4 nitrogen and oxygen atoms in total. The van der Waals surface area contributed by atoms with E-state index in [0.717, 1.165) is 25.0 Å². The molecule has 0 saturated heterocycles. The van der Waals surface area contributed by atoms with Crippen LogP contribution in [-0.2, 0) is 4.79 Å². The maximum atomic E-state index is 12.2. The SMILES string of the molecule is CN(CCOc1ccccc1)C(=O)C1CCCC1N.Cl. The number of nitrogens with two attached hydrogens (primary N) is 1. The average Bonchev–Trinajstić information content (AvgIpc) is 2.85. The lowest BCUT2D eigenvalue weighted by Crippen LogP contribution is -2.41. The van der Waals surface area contributed by atoms with Gasteiger partial charge in [-0.1, -0.05) is 24.6 Å². The summed E-state index contributed by atoms with van der Waals surface area (Å²) >= 11 is 0. The van der Waals surface area contributed by atoms with Gasteiger partial charge in [-0.15, -0.1) is 12.4 Å². The molecule has 1 aromatic carbocycles. The fourth-order valence-corrected chi connectivity index (χ4v) is 2.51. The highest BCUT2D eigenvalue weighted by Crippen LogP contribution is 2.25. The van der Waals surface area contributed by atoms with Gasteiger partial charge in [0, 0.05) is 13.1 Å². The Morgan fingerprint density at radius 2 is 2.05 bits per heavy atom. The highest BCUT2D eigenvalue weighted by molar-refractivity contribution is 5.85. The summed E-state index contributed by atoms with van der Waals surface area (Å²) < 4.78 is 5.59. The fraction of sp³-hybridized carbons (Fsp3) is 0.533. The Morgan fingerprint density at radius 3 is 2.65 bits per heavy atom. The van der Waals surface area contributed by atoms with Crippen molar-refractivity contribution in [2.75, 3.05) is 20.2 Å². The van der Waals surface area contributed by atoms with Crippen molar-refractivity contribution in [3.63, 3.8) is 0 Å². The van der Waals surface area contributed by atoms with Gasteiger partial charge in [0.1, 0.15) is 12.4 Å². The molecule has 112 valence electrons. The Hall–Kier alpha value is -1.26. The summed E-state index contributed by atoms with van der Waals surface area (Å²) in [5, 5.41) is 0. The van der Waals surface area contributed by atoms with Crippen LogP contribution in [-0.4, -0.2) is 37.0 Å². The number of carbonyl (C=O) groups excluding carboxylic acids is 1. The summed E-state index contributed by atoms with van der Waals surface area (Å²) in [7, 11) is 1.82. The van der Waals surface area contributed by atoms with Gasteiger partial charge in [0.05, 0.1) is 12.5 Å². The van der Waals surface area contributed by atoms with Crippen LogP contribution in [0.5, 0.6) is 5.75 Å². The lowest BCUT2D eigenvalue weighted by atomic mass is 10.0. The van der Waals surface area contributed by atoms with Gasteiger partial charge >= 0.3 is 0 Å². The molecule has 1 saturated carbocycles. The van der Waals surface area contributed by atoms with E-state index in [2.05, 4.69) is 0 Å². The molecule has 20 heavy (non-hydrogen) atoms. The van der Waals surface area contributed by atoms with Gasteiger partial charge in [-0.3, -0.25) is 4.79 Å². The Labute approximate surface area is 126 Å². The number of hydrogen-bond donors (Lipinski definition) is 1. The minimum atomic E-state index is 0. The fourth-order valence-electron chi connectivity index (χ4n) is 2.51. The smallest absolute Gasteiger partial charge is 0.227 e. The molecule has 0 radical (unpaired) electrons. The number of amides is 1. The van der Waals surface area contributed by atoms with Gasteiger partial charge in [0.15, 0.2) is 0 Å². The third-order valence-electron chi connectivity index (χ3n) is 3.70. The summed E-state index contributed by atoms with van der Waals surface area (Å²) in [5.41, 5.74) is 5.96. The Morgan fingerprint density at radius 1 is 1.35 bits per heavy atom. The van der Waals surface area contributed by atoms with E-state index in [1.807, 2.05) is 37.4 Å². The zero-order valence-corrected chi connectivity index (χ0v) is 12.6. The standard InChI is InChI=1S/C15H22N2O2.ClH/c1-17(15(18)13-8-5-9-14(13)16)10-11-19-12-6-3-2-4-7-12;/h2-4,6-7,13-14H,5,8-11,16H2,1H3;1H. The molecular formula is C15H23ClN2O2. The van der Waals surface area contributed by atoms with Crippen LogP contribution in [0.4, 0.5) is 0 Å². The highest BCUT2D eigenvalue weighted by atomic mass is 35.5. The number of hydrogen-bond acceptors (Lipinski definition) is 3. The maximum absolute atomic E-state index is 12.2. The Kier molecular flexibility index (Phi) is 6.82. The van der Waals surface area contributed by atoms with Crippen LogP contribution < -0.4 is 10.5 Å². The second-order valence-electron chi connectivity index (χ2n) is 5.12. The van der Waals surface area contributed by atoms with E-state index in [-0.39, 0.29) is 30.3 Å². The molecule has 1 aliphatic carbocycles. The van der Waals surface area contributed by atoms with E-state index in [4.69, 9.17) is 10.5 Å². The van der Waals surface area contributed by atoms with E-state index in [9.17, 15) is 4.79 Å². The van der Waals surface area contributed by atoms with E-state index >= 15 is 0 Å².